The fourth-order valence-corrected chi connectivity index (χ4v) is 2.12. The van der Waals surface area contributed by atoms with Gasteiger partial charge in [0, 0.05) is 11.3 Å². The molecule has 0 aliphatic carbocycles. The van der Waals surface area contributed by atoms with E-state index in [4.69, 9.17) is 0 Å². The fraction of sp³-hybridized carbons (Fsp3) is 0.333. The Labute approximate surface area is 109 Å². The van der Waals surface area contributed by atoms with E-state index in [2.05, 4.69) is 31.3 Å². The van der Waals surface area contributed by atoms with Crippen LogP contribution < -0.4 is 10.6 Å². The first-order chi connectivity index (χ1) is 9.33. The van der Waals surface area contributed by atoms with Gasteiger partial charge in [-0.15, -0.1) is 10.2 Å². The zero-order valence-electron chi connectivity index (χ0n) is 10.3. The molecular formula is C12H14N6O. The zero-order valence-corrected chi connectivity index (χ0v) is 10.3. The van der Waals surface area contributed by atoms with E-state index in [-0.39, 0.29) is 11.9 Å². The topological polar surface area (TPSA) is 95.6 Å². The quantitative estimate of drug-likeness (QED) is 0.747. The predicted octanol–water partition coefficient (Wildman–Crippen LogP) is 0.557. The minimum Gasteiger partial charge on any atom is -0.325 e. The van der Waals surface area contributed by atoms with Crippen LogP contribution in [0.15, 0.2) is 24.3 Å². The van der Waals surface area contributed by atoms with Gasteiger partial charge >= 0.3 is 0 Å². The lowest BCUT2D eigenvalue weighted by molar-refractivity contribution is -0.117. The second-order valence-corrected chi connectivity index (χ2v) is 4.45. The van der Waals surface area contributed by atoms with Crippen LogP contribution in [0, 0.1) is 0 Å². The number of hydrogen-bond acceptors (Lipinski definition) is 5. The summed E-state index contributed by atoms with van der Waals surface area (Å²) in [5.74, 6) is 0.556. The molecule has 1 unspecified atom stereocenters. The van der Waals surface area contributed by atoms with Gasteiger partial charge < -0.3 is 10.6 Å². The molecule has 7 heteroatoms. The molecule has 1 amide bonds. The van der Waals surface area contributed by atoms with Gasteiger partial charge in [-0.25, -0.2) is 0 Å². The van der Waals surface area contributed by atoms with Crippen molar-refractivity contribution in [2.45, 2.75) is 18.9 Å². The van der Waals surface area contributed by atoms with E-state index in [0.717, 1.165) is 30.6 Å². The monoisotopic (exact) mass is 258 g/mol. The van der Waals surface area contributed by atoms with Crippen molar-refractivity contribution >= 4 is 11.6 Å². The Morgan fingerprint density at radius 2 is 2.16 bits per heavy atom. The van der Waals surface area contributed by atoms with E-state index in [1.165, 1.54) is 0 Å². The van der Waals surface area contributed by atoms with Crippen LogP contribution in [0.4, 0.5) is 5.69 Å². The lowest BCUT2D eigenvalue weighted by atomic mass is 10.2. The van der Waals surface area contributed by atoms with E-state index < -0.39 is 0 Å². The number of carbonyl (C=O) groups is 1. The normalized spacial score (nSPS) is 18.4. The minimum atomic E-state index is -0.0723. The standard InChI is InChI=1S/C12H14N6O/c19-12(10-2-1-7-13-10)14-9-5-3-8(4-6-9)11-15-17-18-16-11/h3-6,10,13H,1-2,7H2,(H,14,19)(H,15,16,17,18). The first kappa shape index (κ1) is 11.8. The van der Waals surface area contributed by atoms with Crippen LogP contribution in [0.2, 0.25) is 0 Å². The van der Waals surface area contributed by atoms with Crippen LogP contribution in [0.25, 0.3) is 11.4 Å². The molecule has 3 rings (SSSR count). The summed E-state index contributed by atoms with van der Waals surface area (Å²) in [6.45, 7) is 0.912. The first-order valence-corrected chi connectivity index (χ1v) is 6.21. The summed E-state index contributed by atoms with van der Waals surface area (Å²) < 4.78 is 0. The third-order valence-corrected chi connectivity index (χ3v) is 3.13. The Balaban J connectivity index is 1.67. The molecule has 1 aliphatic heterocycles. The van der Waals surface area contributed by atoms with Gasteiger partial charge in [0.1, 0.15) is 0 Å². The number of rotatable bonds is 3. The van der Waals surface area contributed by atoms with Gasteiger partial charge in [0.15, 0.2) is 0 Å². The Kier molecular flexibility index (Phi) is 3.20. The van der Waals surface area contributed by atoms with Gasteiger partial charge in [0.25, 0.3) is 0 Å². The highest BCUT2D eigenvalue weighted by atomic mass is 16.2. The molecule has 0 radical (unpaired) electrons. The highest BCUT2D eigenvalue weighted by Crippen LogP contribution is 2.17. The number of nitrogens with zero attached hydrogens (tertiary/aromatic N) is 3. The zero-order chi connectivity index (χ0) is 13.1. The lowest BCUT2D eigenvalue weighted by Crippen LogP contribution is -2.35. The number of carbonyl (C=O) groups excluding carboxylic acids is 1. The van der Waals surface area contributed by atoms with Crippen LogP contribution in [-0.4, -0.2) is 39.1 Å². The van der Waals surface area contributed by atoms with Gasteiger partial charge in [0.05, 0.1) is 6.04 Å². The van der Waals surface area contributed by atoms with E-state index in [1.54, 1.807) is 0 Å². The summed E-state index contributed by atoms with van der Waals surface area (Å²) in [6, 6.07) is 7.29. The molecule has 1 aromatic carbocycles. The van der Waals surface area contributed by atoms with Crippen LogP contribution >= 0.6 is 0 Å². The molecule has 98 valence electrons. The lowest BCUT2D eigenvalue weighted by Gasteiger charge is -2.11. The Hall–Kier alpha value is -2.28. The highest BCUT2D eigenvalue weighted by Gasteiger charge is 2.21. The number of amides is 1. The summed E-state index contributed by atoms with van der Waals surface area (Å²) in [5.41, 5.74) is 1.62. The van der Waals surface area contributed by atoms with Crippen molar-refractivity contribution in [2.24, 2.45) is 0 Å². The van der Waals surface area contributed by atoms with Crippen molar-refractivity contribution in [1.82, 2.24) is 25.9 Å². The fourth-order valence-electron chi connectivity index (χ4n) is 2.12. The van der Waals surface area contributed by atoms with Gasteiger partial charge in [0.2, 0.25) is 11.7 Å². The van der Waals surface area contributed by atoms with Crippen molar-refractivity contribution in [2.75, 3.05) is 11.9 Å². The first-order valence-electron chi connectivity index (χ1n) is 6.21. The molecular weight excluding hydrogens is 244 g/mol. The van der Waals surface area contributed by atoms with Gasteiger partial charge in [-0.3, -0.25) is 4.79 Å². The van der Waals surface area contributed by atoms with Crippen LogP contribution in [0.1, 0.15) is 12.8 Å². The molecule has 1 fully saturated rings. The maximum absolute atomic E-state index is 11.9. The number of tetrazole rings is 1. The predicted molar refractivity (Wildman–Crippen MR) is 69.3 cm³/mol. The van der Waals surface area contributed by atoms with Crippen LogP contribution in [-0.2, 0) is 4.79 Å². The summed E-state index contributed by atoms with van der Waals surface area (Å²) in [7, 11) is 0. The van der Waals surface area contributed by atoms with Crippen molar-refractivity contribution in [3.63, 3.8) is 0 Å². The third-order valence-electron chi connectivity index (χ3n) is 3.13. The molecule has 1 atom stereocenters. The van der Waals surface area contributed by atoms with Crippen LogP contribution in [0.5, 0.6) is 0 Å². The van der Waals surface area contributed by atoms with Crippen molar-refractivity contribution < 1.29 is 4.79 Å². The number of anilines is 1. The molecule has 0 saturated carbocycles. The summed E-state index contributed by atoms with van der Waals surface area (Å²) >= 11 is 0. The second kappa shape index (κ2) is 5.15. The van der Waals surface area contributed by atoms with Crippen LogP contribution in [0.3, 0.4) is 0 Å². The average Bonchev–Trinajstić information content (AvgIpc) is 3.13. The summed E-state index contributed by atoms with van der Waals surface area (Å²) in [4.78, 5) is 11.9. The second-order valence-electron chi connectivity index (χ2n) is 4.45. The SMILES string of the molecule is O=C(Nc1ccc(-c2nn[nH]n2)cc1)C1CCCN1. The van der Waals surface area contributed by atoms with Gasteiger partial charge in [-0.2, -0.15) is 5.21 Å². The molecule has 2 heterocycles. The Morgan fingerprint density at radius 1 is 1.32 bits per heavy atom. The number of aromatic nitrogens is 4. The molecule has 1 aliphatic rings. The molecule has 19 heavy (non-hydrogen) atoms. The van der Waals surface area contributed by atoms with E-state index in [0.29, 0.717) is 5.82 Å². The number of benzene rings is 1. The maximum atomic E-state index is 11.9. The van der Waals surface area contributed by atoms with Crippen molar-refractivity contribution in [3.8, 4) is 11.4 Å². The molecule has 0 bridgehead atoms. The maximum Gasteiger partial charge on any atom is 0.241 e. The smallest absolute Gasteiger partial charge is 0.241 e. The molecule has 7 nitrogen and oxygen atoms in total. The summed E-state index contributed by atoms with van der Waals surface area (Å²) in [5, 5.41) is 19.8. The largest absolute Gasteiger partial charge is 0.325 e. The minimum absolute atomic E-state index is 0.0183. The van der Waals surface area contributed by atoms with Gasteiger partial charge in [-0.05, 0) is 48.9 Å². The average molecular weight is 258 g/mol. The van der Waals surface area contributed by atoms with E-state index in [9.17, 15) is 4.79 Å². The van der Waals surface area contributed by atoms with Gasteiger partial charge in [-0.1, -0.05) is 0 Å². The van der Waals surface area contributed by atoms with Crippen molar-refractivity contribution in [3.05, 3.63) is 24.3 Å². The molecule has 2 aromatic rings. The molecule has 3 N–H and O–H groups in total. The number of H-pyrrole nitrogens is 1. The molecule has 1 saturated heterocycles. The van der Waals surface area contributed by atoms with E-state index in [1.807, 2.05) is 24.3 Å². The Bertz CT molecular complexity index is 544. The Morgan fingerprint density at radius 3 is 2.79 bits per heavy atom. The summed E-state index contributed by atoms with van der Waals surface area (Å²) in [6.07, 6.45) is 1.95. The number of hydrogen-bond donors (Lipinski definition) is 3. The third kappa shape index (κ3) is 2.60. The highest BCUT2D eigenvalue weighted by molar-refractivity contribution is 5.95. The van der Waals surface area contributed by atoms with Crippen molar-refractivity contribution in [1.29, 1.82) is 0 Å². The molecule has 1 aromatic heterocycles. The number of nitrogens with one attached hydrogen (secondary N) is 3. The molecule has 0 spiro atoms. The number of aromatic amines is 1. The van der Waals surface area contributed by atoms with E-state index >= 15 is 0 Å².